The van der Waals surface area contributed by atoms with E-state index in [1.54, 1.807) is 23.5 Å². The summed E-state index contributed by atoms with van der Waals surface area (Å²) in [5.41, 5.74) is 14.8. The molecule has 0 unspecified atom stereocenters. The van der Waals surface area contributed by atoms with Gasteiger partial charge >= 0.3 is 5.97 Å². The summed E-state index contributed by atoms with van der Waals surface area (Å²) in [6.07, 6.45) is 2.29. The van der Waals surface area contributed by atoms with E-state index in [1.807, 2.05) is 38.1 Å². The summed E-state index contributed by atoms with van der Waals surface area (Å²) in [4.78, 5) is 26.7. The molecule has 2 aliphatic rings. The summed E-state index contributed by atoms with van der Waals surface area (Å²) in [7, 11) is 6.75. The van der Waals surface area contributed by atoms with Gasteiger partial charge in [-0.15, -0.1) is 11.8 Å². The van der Waals surface area contributed by atoms with Crippen molar-refractivity contribution in [3.63, 3.8) is 0 Å². The van der Waals surface area contributed by atoms with Crippen molar-refractivity contribution in [2.75, 3.05) is 77.5 Å². The first-order valence-corrected chi connectivity index (χ1v) is 19.0. The molecule has 8 nitrogen and oxygen atoms in total. The Morgan fingerprint density at radius 2 is 1.21 bits per heavy atom. The number of nitrogens with two attached hydrogens (primary N) is 1. The Morgan fingerprint density at radius 1 is 0.854 bits per heavy atom. The molecule has 2 saturated heterocycles. The van der Waals surface area contributed by atoms with Gasteiger partial charge in [-0.2, -0.15) is 11.8 Å². The number of amides is 1. The Kier molecular flexibility index (Phi) is 27.4. The first-order valence-electron chi connectivity index (χ1n) is 15.9. The molecule has 2 fully saturated rings. The SMILES string of the molecule is CC(C)N.CN1CC[C@H](c2ccc(Cl)cc2)[C@@H](CSCC([NH-])=O)C1.CO.COC(=O)CSC[C@H]1CN(C)CC[C@@H]1c1ccc(Cl)cc1.[Pr]. The Bertz CT molecular complexity index is 1150. The van der Waals surface area contributed by atoms with E-state index in [0.717, 1.165) is 67.7 Å². The molecule has 269 valence electrons. The molecule has 2 aromatic rings. The van der Waals surface area contributed by atoms with Crippen LogP contribution in [-0.4, -0.2) is 110 Å². The maximum absolute atomic E-state index is 11.2. The number of aliphatic hydroxyl groups is 1. The van der Waals surface area contributed by atoms with Crippen molar-refractivity contribution in [3.8, 4) is 0 Å². The van der Waals surface area contributed by atoms with E-state index in [0.29, 0.717) is 41.2 Å². The minimum atomic E-state index is -0.484. The molecular weight excluding hydrogens is 816 g/mol. The van der Waals surface area contributed by atoms with Crippen LogP contribution < -0.4 is 5.73 Å². The van der Waals surface area contributed by atoms with Gasteiger partial charge in [0, 0.05) is 77.3 Å². The fourth-order valence-corrected chi connectivity index (χ4v) is 7.96. The second-order valence-corrected chi connectivity index (χ2v) is 15.1. The number of hydrogen-bond donors (Lipinski definition) is 2. The summed E-state index contributed by atoms with van der Waals surface area (Å²) in [5.74, 6) is 4.17. The Morgan fingerprint density at radius 3 is 1.54 bits per heavy atom. The van der Waals surface area contributed by atoms with Crippen LogP contribution in [-0.2, 0) is 14.3 Å². The summed E-state index contributed by atoms with van der Waals surface area (Å²) in [5, 5.41) is 8.55. The van der Waals surface area contributed by atoms with Crippen molar-refractivity contribution < 1.29 is 60.7 Å². The molecule has 0 aromatic heterocycles. The van der Waals surface area contributed by atoms with Gasteiger partial charge in [0.25, 0.3) is 0 Å². The number of hydrogen-bond acceptors (Lipinski definition) is 9. The predicted molar refractivity (Wildman–Crippen MR) is 203 cm³/mol. The molecule has 0 aliphatic carbocycles. The second kappa shape index (κ2) is 27.5. The number of esters is 1. The van der Waals surface area contributed by atoms with Gasteiger partial charge in [0.05, 0.1) is 18.8 Å². The van der Waals surface area contributed by atoms with Gasteiger partial charge in [0.15, 0.2) is 0 Å². The van der Waals surface area contributed by atoms with Crippen molar-refractivity contribution in [3.05, 3.63) is 75.4 Å². The smallest absolute Gasteiger partial charge is 0.315 e. The number of nitrogens with zero attached hydrogens (tertiary/aromatic N) is 2. The summed E-state index contributed by atoms with van der Waals surface area (Å²) >= 11 is 15.2. The van der Waals surface area contributed by atoms with Crippen LogP contribution in [0.4, 0.5) is 0 Å². The van der Waals surface area contributed by atoms with Crippen LogP contribution in [0.1, 0.15) is 49.7 Å². The van der Waals surface area contributed by atoms with Crippen molar-refractivity contribution in [2.45, 2.75) is 44.6 Å². The van der Waals surface area contributed by atoms with Crippen LogP contribution in [0.25, 0.3) is 5.73 Å². The second-order valence-electron chi connectivity index (χ2n) is 12.2. The van der Waals surface area contributed by atoms with Gasteiger partial charge in [0.2, 0.25) is 0 Å². The zero-order valence-corrected chi connectivity index (χ0v) is 36.2. The van der Waals surface area contributed by atoms with Crippen LogP contribution in [0.5, 0.6) is 0 Å². The van der Waals surface area contributed by atoms with E-state index >= 15 is 0 Å². The van der Waals surface area contributed by atoms with Gasteiger partial charge in [-0.05, 0) is 117 Å². The standard InChI is InChI=1S/C16H22ClNO2S.C15H21ClN2OS.C3H9N.CH4O.Pr/c1-18-8-7-15(12-3-5-14(17)6-4-12)13(9-18)10-21-11-16(19)20-2;1-18-7-6-14(11-2-4-13(16)5-3-11)12(8-18)9-20-10-15(17)19;1-3(2)4;1-2;/h3-6,13,15H,7-11H2,1-2H3;2-5,12,14H,6-10H2,1H3,(H2,17,19);3H,4H2,1-2H3;2H,1H3;/p-1/t13-,15-;12-,14-;;;/m11.../s1. The molecule has 1 radical (unpaired) electrons. The Hall–Kier alpha value is -0.136. The maximum atomic E-state index is 11.2. The average Bonchev–Trinajstić information content (AvgIpc) is 3.03. The van der Waals surface area contributed by atoms with Crippen molar-refractivity contribution in [2.24, 2.45) is 17.6 Å². The molecule has 2 heterocycles. The largest absolute Gasteiger partial charge is 0.667 e. The molecule has 4 atom stereocenters. The van der Waals surface area contributed by atoms with Gasteiger partial charge in [-0.3, -0.25) is 4.79 Å². The molecule has 0 saturated carbocycles. The van der Waals surface area contributed by atoms with Crippen LogP contribution in [0.15, 0.2) is 48.5 Å². The van der Waals surface area contributed by atoms with E-state index in [4.69, 9.17) is 44.5 Å². The minimum absolute atomic E-state index is 0. The fourth-order valence-electron chi connectivity index (χ4n) is 5.72. The number of methoxy groups -OCH3 is 1. The van der Waals surface area contributed by atoms with Gasteiger partial charge < -0.3 is 35.9 Å². The number of thioether (sulfide) groups is 2. The molecular formula is C35H55Cl2N4O4PrS2-. The molecule has 1 amide bonds. The molecule has 2 aromatic carbocycles. The number of halogens is 2. The third-order valence-corrected chi connectivity index (χ3v) is 10.6. The summed E-state index contributed by atoms with van der Waals surface area (Å²) in [6, 6.07) is 16.7. The van der Waals surface area contributed by atoms with Crippen molar-refractivity contribution in [1.82, 2.24) is 9.80 Å². The Labute approximate surface area is 341 Å². The average molecular weight is 872 g/mol. The molecule has 4 N–H and O–H groups in total. The molecule has 4 rings (SSSR count). The molecule has 0 bridgehead atoms. The van der Waals surface area contributed by atoms with Crippen LogP contribution in [0.3, 0.4) is 0 Å². The van der Waals surface area contributed by atoms with E-state index in [9.17, 15) is 9.59 Å². The number of likely N-dealkylation sites (tertiary alicyclic amines) is 2. The van der Waals surface area contributed by atoms with E-state index in [-0.39, 0.29) is 47.3 Å². The quantitative estimate of drug-likeness (QED) is 0.245. The third-order valence-electron chi connectivity index (χ3n) is 7.81. The number of nitrogens with one attached hydrogen (secondary N) is 1. The summed E-state index contributed by atoms with van der Waals surface area (Å²) in [6.45, 7) is 8.23. The number of ether oxygens (including phenoxy) is 1. The molecule has 0 spiro atoms. The number of piperidine rings is 2. The van der Waals surface area contributed by atoms with E-state index in [1.165, 1.54) is 18.2 Å². The van der Waals surface area contributed by atoms with E-state index in [2.05, 4.69) is 48.2 Å². The fraction of sp³-hybridized carbons (Fsp3) is 0.600. The minimum Gasteiger partial charge on any atom is -0.667 e. The van der Waals surface area contributed by atoms with Gasteiger partial charge in [-0.1, -0.05) is 61.3 Å². The molecule has 13 heteroatoms. The van der Waals surface area contributed by atoms with Gasteiger partial charge in [0.1, 0.15) is 0 Å². The topological polar surface area (TPSA) is 120 Å². The van der Waals surface area contributed by atoms with Crippen molar-refractivity contribution in [1.29, 1.82) is 0 Å². The summed E-state index contributed by atoms with van der Waals surface area (Å²) < 4.78 is 4.70. The number of carbonyl (C=O) groups is 2. The van der Waals surface area contributed by atoms with Gasteiger partial charge in [-0.25, -0.2) is 0 Å². The molecule has 48 heavy (non-hydrogen) atoms. The monoisotopic (exact) mass is 870 g/mol. The van der Waals surface area contributed by atoms with E-state index < -0.39 is 5.91 Å². The third kappa shape index (κ3) is 20.0. The Balaban J connectivity index is 0.000000778. The first kappa shape index (κ1) is 47.9. The van der Waals surface area contributed by atoms with Crippen molar-refractivity contribution >= 4 is 58.6 Å². The maximum Gasteiger partial charge on any atom is 0.315 e. The zero-order valence-electron chi connectivity index (χ0n) is 29.4. The normalized spacial score (nSPS) is 20.8. The molecule has 2 aliphatic heterocycles. The predicted octanol–water partition coefficient (Wildman–Crippen LogP) is 6.93. The number of benzene rings is 2. The van der Waals surface area contributed by atoms with Crippen LogP contribution in [0, 0.1) is 53.1 Å². The number of aliphatic hydroxyl groups excluding tert-OH is 1. The van der Waals surface area contributed by atoms with Crippen LogP contribution in [0.2, 0.25) is 10.0 Å². The van der Waals surface area contributed by atoms with Crippen LogP contribution >= 0.6 is 46.7 Å². The number of rotatable bonds is 10. The number of carbonyl (C=O) groups excluding carboxylic acids is 2. The first-order chi connectivity index (χ1) is 22.4. The zero-order chi connectivity index (χ0) is 35.4.